The van der Waals surface area contributed by atoms with Gasteiger partial charge in [-0.2, -0.15) is 4.31 Å². The van der Waals surface area contributed by atoms with Crippen LogP contribution < -0.4 is 11.1 Å². The first-order chi connectivity index (χ1) is 12.0. The molecule has 25 heavy (non-hydrogen) atoms. The number of nitrogens with zero attached hydrogens (tertiary/aromatic N) is 1. The summed E-state index contributed by atoms with van der Waals surface area (Å²) in [6.07, 6.45) is 1.30. The quantitative estimate of drug-likeness (QED) is 0.819. The van der Waals surface area contributed by atoms with E-state index in [2.05, 4.69) is 5.32 Å². The summed E-state index contributed by atoms with van der Waals surface area (Å²) in [6, 6.07) is 15.3. The number of rotatable bonds is 4. The SMILES string of the molecule is Nc1ccccc1NC(=O)C1CCCN(S(=O)(=O)c2ccccc2)C1. The lowest BCUT2D eigenvalue weighted by Gasteiger charge is -2.31. The fourth-order valence-electron chi connectivity index (χ4n) is 2.96. The zero-order valence-electron chi connectivity index (χ0n) is 13.8. The molecule has 0 aromatic heterocycles. The molecule has 1 fully saturated rings. The first-order valence-corrected chi connectivity index (χ1v) is 9.63. The van der Waals surface area contributed by atoms with Gasteiger partial charge in [0.1, 0.15) is 0 Å². The smallest absolute Gasteiger partial charge is 0.243 e. The maximum absolute atomic E-state index is 12.7. The molecule has 1 aliphatic rings. The Balaban J connectivity index is 1.73. The van der Waals surface area contributed by atoms with E-state index < -0.39 is 15.9 Å². The monoisotopic (exact) mass is 359 g/mol. The number of nitrogen functional groups attached to an aromatic ring is 1. The molecular formula is C18H21N3O3S. The minimum absolute atomic E-state index is 0.176. The summed E-state index contributed by atoms with van der Waals surface area (Å²) in [6.45, 7) is 0.601. The number of hydrogen-bond acceptors (Lipinski definition) is 4. The Bertz CT molecular complexity index is 853. The van der Waals surface area contributed by atoms with Crippen LogP contribution >= 0.6 is 0 Å². The van der Waals surface area contributed by atoms with Crippen LogP contribution in [0.15, 0.2) is 59.5 Å². The number of piperidine rings is 1. The molecule has 3 N–H and O–H groups in total. The number of para-hydroxylation sites is 2. The number of benzene rings is 2. The van der Waals surface area contributed by atoms with Crippen LogP contribution in [0.25, 0.3) is 0 Å². The third-order valence-electron chi connectivity index (χ3n) is 4.35. The number of anilines is 2. The van der Waals surface area contributed by atoms with Crippen LogP contribution in [-0.2, 0) is 14.8 Å². The summed E-state index contributed by atoms with van der Waals surface area (Å²) in [5.41, 5.74) is 6.89. The van der Waals surface area contributed by atoms with Gasteiger partial charge in [0.25, 0.3) is 0 Å². The van der Waals surface area contributed by atoms with Crippen molar-refractivity contribution in [1.82, 2.24) is 4.31 Å². The van der Waals surface area contributed by atoms with Gasteiger partial charge in [0.15, 0.2) is 0 Å². The maximum Gasteiger partial charge on any atom is 0.243 e. The van der Waals surface area contributed by atoms with Gasteiger partial charge < -0.3 is 11.1 Å². The Morgan fingerprint density at radius 2 is 1.76 bits per heavy atom. The van der Waals surface area contributed by atoms with E-state index in [-0.39, 0.29) is 17.3 Å². The Morgan fingerprint density at radius 1 is 1.08 bits per heavy atom. The van der Waals surface area contributed by atoms with Gasteiger partial charge >= 0.3 is 0 Å². The lowest BCUT2D eigenvalue weighted by atomic mass is 9.98. The van der Waals surface area contributed by atoms with Crippen molar-refractivity contribution in [2.24, 2.45) is 5.92 Å². The normalized spacial score (nSPS) is 18.6. The molecule has 6 nitrogen and oxygen atoms in total. The molecule has 0 bridgehead atoms. The number of nitrogens with one attached hydrogen (secondary N) is 1. The van der Waals surface area contributed by atoms with E-state index in [1.807, 2.05) is 0 Å². The second kappa shape index (κ2) is 7.25. The van der Waals surface area contributed by atoms with Crippen molar-refractivity contribution in [2.45, 2.75) is 17.7 Å². The minimum atomic E-state index is -3.58. The van der Waals surface area contributed by atoms with E-state index in [0.717, 1.165) is 0 Å². The second-order valence-corrected chi connectivity index (χ2v) is 8.03. The molecule has 0 aliphatic carbocycles. The Kier molecular flexibility index (Phi) is 5.06. The van der Waals surface area contributed by atoms with E-state index in [1.54, 1.807) is 54.6 Å². The Labute approximate surface area is 147 Å². The molecule has 1 atom stereocenters. The molecule has 0 radical (unpaired) electrons. The number of carbonyl (C=O) groups is 1. The van der Waals surface area contributed by atoms with Crippen LogP contribution in [0, 0.1) is 5.92 Å². The van der Waals surface area contributed by atoms with Crippen LogP contribution in [0.2, 0.25) is 0 Å². The molecule has 1 saturated heterocycles. The predicted octanol–water partition coefficient (Wildman–Crippen LogP) is 2.31. The summed E-state index contributed by atoms with van der Waals surface area (Å²) in [4.78, 5) is 12.8. The van der Waals surface area contributed by atoms with Crippen molar-refractivity contribution in [3.63, 3.8) is 0 Å². The molecule has 0 spiro atoms. The van der Waals surface area contributed by atoms with Gasteiger partial charge in [-0.15, -0.1) is 0 Å². The van der Waals surface area contributed by atoms with Crippen LogP contribution in [0.3, 0.4) is 0 Å². The summed E-state index contributed by atoms with van der Waals surface area (Å²) < 4.78 is 26.9. The highest BCUT2D eigenvalue weighted by molar-refractivity contribution is 7.89. The van der Waals surface area contributed by atoms with Gasteiger partial charge in [0, 0.05) is 13.1 Å². The first-order valence-electron chi connectivity index (χ1n) is 8.19. The van der Waals surface area contributed by atoms with Gasteiger partial charge in [-0.3, -0.25) is 4.79 Å². The molecule has 1 heterocycles. The van der Waals surface area contributed by atoms with Gasteiger partial charge in [-0.05, 0) is 37.1 Å². The molecular weight excluding hydrogens is 338 g/mol. The van der Waals surface area contributed by atoms with Crippen molar-refractivity contribution in [3.8, 4) is 0 Å². The highest BCUT2D eigenvalue weighted by atomic mass is 32.2. The zero-order chi connectivity index (χ0) is 17.9. The number of hydrogen-bond donors (Lipinski definition) is 2. The predicted molar refractivity (Wildman–Crippen MR) is 97.4 cm³/mol. The molecule has 7 heteroatoms. The van der Waals surface area contributed by atoms with E-state index in [1.165, 1.54) is 4.31 Å². The fraction of sp³-hybridized carbons (Fsp3) is 0.278. The lowest BCUT2D eigenvalue weighted by molar-refractivity contribution is -0.120. The van der Waals surface area contributed by atoms with Crippen LogP contribution in [-0.4, -0.2) is 31.7 Å². The van der Waals surface area contributed by atoms with Crippen LogP contribution in [0.4, 0.5) is 11.4 Å². The summed E-state index contributed by atoms with van der Waals surface area (Å²) >= 11 is 0. The van der Waals surface area contributed by atoms with Crippen LogP contribution in [0.1, 0.15) is 12.8 Å². The fourth-order valence-corrected chi connectivity index (χ4v) is 4.51. The molecule has 1 amide bonds. The number of sulfonamides is 1. The molecule has 132 valence electrons. The number of amides is 1. The highest BCUT2D eigenvalue weighted by Gasteiger charge is 2.33. The standard InChI is InChI=1S/C18H21N3O3S/c19-16-10-4-5-11-17(16)20-18(22)14-7-6-12-21(13-14)25(23,24)15-8-2-1-3-9-15/h1-5,8-11,14H,6-7,12-13,19H2,(H,20,22). The van der Waals surface area contributed by atoms with Crippen molar-refractivity contribution in [3.05, 3.63) is 54.6 Å². The third-order valence-corrected chi connectivity index (χ3v) is 6.23. The van der Waals surface area contributed by atoms with Gasteiger partial charge in [-0.1, -0.05) is 30.3 Å². The third kappa shape index (κ3) is 3.83. The molecule has 2 aromatic rings. The molecule has 1 aliphatic heterocycles. The van der Waals surface area contributed by atoms with E-state index in [0.29, 0.717) is 30.8 Å². The molecule has 1 unspecified atom stereocenters. The van der Waals surface area contributed by atoms with Crippen molar-refractivity contribution in [1.29, 1.82) is 0 Å². The lowest BCUT2D eigenvalue weighted by Crippen LogP contribution is -2.43. The summed E-state index contributed by atoms with van der Waals surface area (Å²) in [7, 11) is -3.58. The van der Waals surface area contributed by atoms with Gasteiger partial charge in [0.05, 0.1) is 22.2 Å². The Hall–Kier alpha value is -2.38. The maximum atomic E-state index is 12.7. The average molecular weight is 359 g/mol. The van der Waals surface area contributed by atoms with Gasteiger partial charge in [-0.25, -0.2) is 8.42 Å². The molecule has 2 aromatic carbocycles. The number of nitrogens with two attached hydrogens (primary N) is 1. The Morgan fingerprint density at radius 3 is 2.48 bits per heavy atom. The van der Waals surface area contributed by atoms with Crippen LogP contribution in [0.5, 0.6) is 0 Å². The second-order valence-electron chi connectivity index (χ2n) is 6.09. The average Bonchev–Trinajstić information content (AvgIpc) is 2.64. The first kappa shape index (κ1) is 17.4. The van der Waals surface area contributed by atoms with E-state index in [4.69, 9.17) is 5.73 Å². The van der Waals surface area contributed by atoms with Crippen molar-refractivity contribution >= 4 is 27.3 Å². The van der Waals surface area contributed by atoms with Gasteiger partial charge in [0.2, 0.25) is 15.9 Å². The van der Waals surface area contributed by atoms with E-state index in [9.17, 15) is 13.2 Å². The molecule has 3 rings (SSSR count). The zero-order valence-corrected chi connectivity index (χ0v) is 14.6. The van der Waals surface area contributed by atoms with Crippen molar-refractivity contribution in [2.75, 3.05) is 24.1 Å². The highest BCUT2D eigenvalue weighted by Crippen LogP contribution is 2.25. The molecule has 0 saturated carbocycles. The minimum Gasteiger partial charge on any atom is -0.397 e. The van der Waals surface area contributed by atoms with Crippen molar-refractivity contribution < 1.29 is 13.2 Å². The summed E-state index contributed by atoms with van der Waals surface area (Å²) in [5.74, 6) is -0.599. The van der Waals surface area contributed by atoms with E-state index >= 15 is 0 Å². The largest absolute Gasteiger partial charge is 0.397 e. The topological polar surface area (TPSA) is 92.5 Å². The summed E-state index contributed by atoms with van der Waals surface area (Å²) in [5, 5.41) is 2.81. The number of carbonyl (C=O) groups excluding carboxylic acids is 1.